The van der Waals surface area contributed by atoms with E-state index in [0.717, 1.165) is 31.9 Å². The van der Waals surface area contributed by atoms with E-state index >= 15 is 0 Å². The van der Waals surface area contributed by atoms with Gasteiger partial charge < -0.3 is 15.1 Å². The number of nitrogens with one attached hydrogen (secondary N) is 1. The zero-order chi connectivity index (χ0) is 18.1. The van der Waals surface area contributed by atoms with Crippen LogP contribution in [0.3, 0.4) is 0 Å². The quantitative estimate of drug-likeness (QED) is 0.783. The van der Waals surface area contributed by atoms with Gasteiger partial charge in [0.1, 0.15) is 6.33 Å². The molecule has 1 aromatic carbocycles. The highest BCUT2D eigenvalue weighted by atomic mass is 16.1. The van der Waals surface area contributed by atoms with Gasteiger partial charge in [0.25, 0.3) is 5.91 Å². The molecule has 2 aromatic heterocycles. The predicted molar refractivity (Wildman–Crippen MR) is 102 cm³/mol. The molecule has 0 radical (unpaired) electrons. The van der Waals surface area contributed by atoms with E-state index in [0.29, 0.717) is 11.2 Å². The molecule has 3 aromatic rings. The minimum atomic E-state index is -0.158. The molecule has 134 valence electrons. The molecule has 1 amide bonds. The molecule has 7 nitrogen and oxygen atoms in total. The lowest BCUT2D eigenvalue weighted by Crippen LogP contribution is -2.44. The number of benzene rings is 1. The van der Waals surface area contributed by atoms with E-state index in [2.05, 4.69) is 45.2 Å². The average Bonchev–Trinajstić information content (AvgIpc) is 3.10. The molecule has 4 rings (SSSR count). The lowest BCUT2D eigenvalue weighted by atomic mass is 10.1. The lowest BCUT2D eigenvalue weighted by molar-refractivity contribution is 0.102. The van der Waals surface area contributed by atoms with Crippen LogP contribution in [0.2, 0.25) is 0 Å². The van der Waals surface area contributed by atoms with Crippen molar-refractivity contribution in [1.82, 2.24) is 19.5 Å². The average molecular weight is 350 g/mol. The van der Waals surface area contributed by atoms with Crippen molar-refractivity contribution in [3.63, 3.8) is 0 Å². The fraction of sp³-hybridized carbons (Fsp3) is 0.316. The van der Waals surface area contributed by atoms with Crippen molar-refractivity contribution in [2.45, 2.75) is 6.92 Å². The zero-order valence-electron chi connectivity index (χ0n) is 15.0. The van der Waals surface area contributed by atoms with E-state index < -0.39 is 0 Å². The topological polar surface area (TPSA) is 65.8 Å². The van der Waals surface area contributed by atoms with Crippen molar-refractivity contribution < 1.29 is 4.79 Å². The minimum Gasteiger partial charge on any atom is -0.369 e. The number of pyridine rings is 1. The fourth-order valence-electron chi connectivity index (χ4n) is 3.29. The van der Waals surface area contributed by atoms with Gasteiger partial charge in [-0.05, 0) is 49.9 Å². The van der Waals surface area contributed by atoms with Gasteiger partial charge >= 0.3 is 0 Å². The first kappa shape index (κ1) is 16.5. The van der Waals surface area contributed by atoms with Crippen LogP contribution in [0.1, 0.15) is 15.9 Å². The highest BCUT2D eigenvalue weighted by molar-refractivity contribution is 6.04. The summed E-state index contributed by atoms with van der Waals surface area (Å²) >= 11 is 0. The highest BCUT2D eigenvalue weighted by Gasteiger charge is 2.16. The number of piperazine rings is 1. The van der Waals surface area contributed by atoms with E-state index in [1.165, 1.54) is 17.6 Å². The van der Waals surface area contributed by atoms with Crippen LogP contribution in [0, 0.1) is 6.92 Å². The molecule has 1 N–H and O–H groups in total. The second kappa shape index (κ2) is 6.76. The van der Waals surface area contributed by atoms with Gasteiger partial charge in [-0.1, -0.05) is 0 Å². The van der Waals surface area contributed by atoms with Crippen LogP contribution in [-0.4, -0.2) is 58.6 Å². The standard InChI is InChI=1S/C19H22N6O/c1-14-11-16(4-5-17(14)24-9-7-23(2)8-10-24)22-19(26)15-3-6-18-20-13-21-25(18)12-15/h3-6,11-13H,7-10H2,1-2H3,(H,22,26). The second-order valence-electron chi connectivity index (χ2n) is 6.73. The smallest absolute Gasteiger partial charge is 0.257 e. The molecule has 7 heteroatoms. The Morgan fingerprint density at radius 1 is 1.12 bits per heavy atom. The first-order valence-electron chi connectivity index (χ1n) is 8.75. The Morgan fingerprint density at radius 2 is 1.92 bits per heavy atom. The molecule has 0 unspecified atom stereocenters. The SMILES string of the molecule is Cc1cc(NC(=O)c2ccc3ncnn3c2)ccc1N1CCN(C)CC1. The number of amides is 1. The number of hydrogen-bond donors (Lipinski definition) is 1. The van der Waals surface area contributed by atoms with Gasteiger partial charge in [-0.25, -0.2) is 9.50 Å². The molecule has 0 bridgehead atoms. The van der Waals surface area contributed by atoms with Crippen LogP contribution in [-0.2, 0) is 0 Å². The van der Waals surface area contributed by atoms with Gasteiger partial charge in [-0.15, -0.1) is 0 Å². The number of hydrogen-bond acceptors (Lipinski definition) is 5. The van der Waals surface area contributed by atoms with Gasteiger partial charge in [-0.2, -0.15) is 5.10 Å². The maximum atomic E-state index is 12.5. The number of aryl methyl sites for hydroxylation is 1. The molecule has 1 aliphatic heterocycles. The third kappa shape index (κ3) is 3.25. The second-order valence-corrected chi connectivity index (χ2v) is 6.73. The van der Waals surface area contributed by atoms with Crippen molar-refractivity contribution in [3.8, 4) is 0 Å². The number of carbonyl (C=O) groups is 1. The zero-order valence-corrected chi connectivity index (χ0v) is 15.0. The highest BCUT2D eigenvalue weighted by Crippen LogP contribution is 2.25. The molecule has 0 saturated carbocycles. The Bertz CT molecular complexity index is 942. The molecule has 0 spiro atoms. The fourth-order valence-corrected chi connectivity index (χ4v) is 3.29. The largest absolute Gasteiger partial charge is 0.369 e. The van der Waals surface area contributed by atoms with Gasteiger partial charge in [-0.3, -0.25) is 4.79 Å². The van der Waals surface area contributed by atoms with Gasteiger partial charge in [0.2, 0.25) is 0 Å². The van der Waals surface area contributed by atoms with Crippen molar-refractivity contribution in [3.05, 3.63) is 54.0 Å². The molecular weight excluding hydrogens is 328 g/mol. The van der Waals surface area contributed by atoms with Crippen LogP contribution >= 0.6 is 0 Å². The Labute approximate surface area is 152 Å². The predicted octanol–water partition coefficient (Wildman–Crippen LogP) is 2.04. The van der Waals surface area contributed by atoms with Gasteiger partial charge in [0, 0.05) is 43.8 Å². The summed E-state index contributed by atoms with van der Waals surface area (Å²) in [5.74, 6) is -0.158. The van der Waals surface area contributed by atoms with E-state index in [1.807, 2.05) is 12.1 Å². The molecule has 1 aliphatic rings. The summed E-state index contributed by atoms with van der Waals surface area (Å²) in [4.78, 5) is 21.4. The maximum Gasteiger partial charge on any atom is 0.257 e. The van der Waals surface area contributed by atoms with Crippen molar-refractivity contribution in [2.75, 3.05) is 43.4 Å². The summed E-state index contributed by atoms with van der Waals surface area (Å²) in [5, 5.41) is 7.03. The van der Waals surface area contributed by atoms with Crippen molar-refractivity contribution in [2.24, 2.45) is 0 Å². The van der Waals surface area contributed by atoms with Gasteiger partial charge in [0.15, 0.2) is 5.65 Å². The third-order valence-corrected chi connectivity index (χ3v) is 4.83. The van der Waals surface area contributed by atoms with Crippen LogP contribution in [0.15, 0.2) is 42.9 Å². The monoisotopic (exact) mass is 350 g/mol. The normalized spacial score (nSPS) is 15.4. The molecule has 3 heterocycles. The number of aromatic nitrogens is 3. The summed E-state index contributed by atoms with van der Waals surface area (Å²) in [6.07, 6.45) is 3.15. The molecular formula is C19H22N6O. The number of fused-ring (bicyclic) bond motifs is 1. The van der Waals surface area contributed by atoms with Gasteiger partial charge in [0.05, 0.1) is 5.56 Å². The van der Waals surface area contributed by atoms with E-state index in [4.69, 9.17) is 0 Å². The first-order valence-corrected chi connectivity index (χ1v) is 8.75. The van der Waals surface area contributed by atoms with Crippen LogP contribution in [0.25, 0.3) is 5.65 Å². The molecule has 1 saturated heterocycles. The van der Waals surface area contributed by atoms with E-state index in [-0.39, 0.29) is 5.91 Å². The summed E-state index contributed by atoms with van der Waals surface area (Å²) in [5.41, 5.74) is 4.46. The van der Waals surface area contributed by atoms with Crippen LogP contribution < -0.4 is 10.2 Å². The summed E-state index contributed by atoms with van der Waals surface area (Å²) in [6, 6.07) is 9.62. The summed E-state index contributed by atoms with van der Waals surface area (Å²) < 4.78 is 1.59. The molecule has 0 atom stereocenters. The Kier molecular flexibility index (Phi) is 4.30. The summed E-state index contributed by atoms with van der Waals surface area (Å²) in [7, 11) is 2.15. The Morgan fingerprint density at radius 3 is 2.69 bits per heavy atom. The number of rotatable bonds is 3. The number of likely N-dealkylation sites (N-methyl/N-ethyl adjacent to an activating group) is 1. The maximum absolute atomic E-state index is 12.5. The lowest BCUT2D eigenvalue weighted by Gasteiger charge is -2.35. The molecule has 0 aliphatic carbocycles. The number of carbonyl (C=O) groups excluding carboxylic acids is 1. The third-order valence-electron chi connectivity index (χ3n) is 4.83. The number of nitrogens with zero attached hydrogens (tertiary/aromatic N) is 5. The van der Waals surface area contributed by atoms with E-state index in [1.54, 1.807) is 22.8 Å². The van der Waals surface area contributed by atoms with Crippen molar-refractivity contribution >= 4 is 22.9 Å². The minimum absolute atomic E-state index is 0.158. The van der Waals surface area contributed by atoms with Crippen molar-refractivity contribution in [1.29, 1.82) is 0 Å². The summed E-state index contributed by atoms with van der Waals surface area (Å²) in [6.45, 7) is 6.29. The van der Waals surface area contributed by atoms with E-state index in [9.17, 15) is 4.79 Å². The van der Waals surface area contributed by atoms with Crippen LogP contribution in [0.4, 0.5) is 11.4 Å². The first-order chi connectivity index (χ1) is 12.6. The Balaban J connectivity index is 1.49. The molecule has 1 fully saturated rings. The number of anilines is 2. The van der Waals surface area contributed by atoms with Crippen LogP contribution in [0.5, 0.6) is 0 Å². The Hall–Kier alpha value is -2.93. The molecule has 26 heavy (non-hydrogen) atoms.